The van der Waals surface area contributed by atoms with Crippen LogP contribution in [0.3, 0.4) is 0 Å². The summed E-state index contributed by atoms with van der Waals surface area (Å²) in [6.45, 7) is 14.3. The summed E-state index contributed by atoms with van der Waals surface area (Å²) in [5, 5.41) is 5.40. The highest BCUT2D eigenvalue weighted by atomic mass is 28.4. The molecule has 1 aromatic rings. The van der Waals surface area contributed by atoms with Gasteiger partial charge in [-0.25, -0.2) is 4.39 Å². The molecule has 0 saturated carbocycles. The number of carbonyl (C=O) groups is 3. The summed E-state index contributed by atoms with van der Waals surface area (Å²) in [6, 6.07) is 1.15. The van der Waals surface area contributed by atoms with Gasteiger partial charge in [0.15, 0.2) is 14.1 Å². The highest BCUT2D eigenvalue weighted by Crippen LogP contribution is 2.37. The van der Waals surface area contributed by atoms with Crippen LogP contribution in [0.5, 0.6) is 0 Å². The fourth-order valence-corrected chi connectivity index (χ4v) is 4.39. The molecule has 6 nitrogen and oxygen atoms in total. The predicted octanol–water partition coefficient (Wildman–Crippen LogP) is 3.98. The Kier molecular flexibility index (Phi) is 7.24. The van der Waals surface area contributed by atoms with Crippen molar-refractivity contribution >= 4 is 31.6 Å². The van der Waals surface area contributed by atoms with E-state index in [-0.39, 0.29) is 28.0 Å². The van der Waals surface area contributed by atoms with Crippen molar-refractivity contribution in [2.75, 3.05) is 18.5 Å². The van der Waals surface area contributed by atoms with Crippen molar-refractivity contribution in [2.45, 2.75) is 65.6 Å². The zero-order valence-electron chi connectivity index (χ0n) is 19.0. The van der Waals surface area contributed by atoms with Gasteiger partial charge in [0.1, 0.15) is 11.7 Å². The standard InChI is InChI=1S/C22H33FN2O4Si/c1-13-15-8-9-16(20(27)19(15)18(12-17(13)23)25-14(2)26)21(28)24-10-11-29-30(6,7)22(3,4)5/h12,16H,8-11H2,1-7H3,(H,24,28)(H,25,26). The average Bonchev–Trinajstić information content (AvgIpc) is 2.61. The molecule has 1 aromatic carbocycles. The van der Waals surface area contributed by atoms with E-state index in [1.54, 1.807) is 6.92 Å². The predicted molar refractivity (Wildman–Crippen MR) is 118 cm³/mol. The van der Waals surface area contributed by atoms with Crippen LogP contribution in [0.4, 0.5) is 10.1 Å². The molecule has 0 bridgehead atoms. The molecule has 0 radical (unpaired) electrons. The molecule has 0 heterocycles. The Labute approximate surface area is 179 Å². The van der Waals surface area contributed by atoms with Crippen LogP contribution in [0.25, 0.3) is 0 Å². The van der Waals surface area contributed by atoms with Crippen molar-refractivity contribution in [3.63, 3.8) is 0 Å². The molecule has 0 fully saturated rings. The lowest BCUT2D eigenvalue weighted by Gasteiger charge is -2.36. The van der Waals surface area contributed by atoms with Gasteiger partial charge in [0.05, 0.1) is 12.3 Å². The van der Waals surface area contributed by atoms with Crippen LogP contribution in [0.15, 0.2) is 6.07 Å². The monoisotopic (exact) mass is 436 g/mol. The quantitative estimate of drug-likeness (QED) is 0.401. The number of hydrogen-bond donors (Lipinski definition) is 2. The number of halogens is 1. The maximum Gasteiger partial charge on any atom is 0.231 e. The molecule has 2 amide bonds. The first-order valence-corrected chi connectivity index (χ1v) is 13.2. The lowest BCUT2D eigenvalue weighted by Crippen LogP contribution is -2.44. The minimum Gasteiger partial charge on any atom is -0.415 e. The minimum atomic E-state index is -1.91. The van der Waals surface area contributed by atoms with Crippen LogP contribution in [0.2, 0.25) is 18.1 Å². The number of amides is 2. The molecular weight excluding hydrogens is 403 g/mol. The van der Waals surface area contributed by atoms with Gasteiger partial charge < -0.3 is 15.1 Å². The van der Waals surface area contributed by atoms with Gasteiger partial charge in [0.25, 0.3) is 0 Å². The van der Waals surface area contributed by atoms with E-state index >= 15 is 0 Å². The highest BCUT2D eigenvalue weighted by Gasteiger charge is 2.38. The Morgan fingerprint density at radius 1 is 1.30 bits per heavy atom. The van der Waals surface area contributed by atoms with Crippen molar-refractivity contribution in [2.24, 2.45) is 5.92 Å². The number of carbonyl (C=O) groups excluding carboxylic acids is 3. The third-order valence-corrected chi connectivity index (χ3v) is 10.7. The van der Waals surface area contributed by atoms with Crippen molar-refractivity contribution in [3.8, 4) is 0 Å². The third-order valence-electron chi connectivity index (χ3n) is 6.20. The van der Waals surface area contributed by atoms with Crippen molar-refractivity contribution < 1.29 is 23.2 Å². The van der Waals surface area contributed by atoms with Gasteiger partial charge in [-0.15, -0.1) is 0 Å². The Hall–Kier alpha value is -2.06. The van der Waals surface area contributed by atoms with Gasteiger partial charge in [0, 0.05) is 19.0 Å². The van der Waals surface area contributed by atoms with E-state index < -0.39 is 26.0 Å². The first-order chi connectivity index (χ1) is 13.8. The summed E-state index contributed by atoms with van der Waals surface area (Å²) in [5.74, 6) is -2.48. The van der Waals surface area contributed by atoms with Crippen LogP contribution >= 0.6 is 0 Å². The van der Waals surface area contributed by atoms with E-state index in [0.29, 0.717) is 37.1 Å². The van der Waals surface area contributed by atoms with Gasteiger partial charge in [-0.1, -0.05) is 20.8 Å². The lowest BCUT2D eigenvalue weighted by atomic mass is 9.79. The van der Waals surface area contributed by atoms with Gasteiger partial charge in [-0.2, -0.15) is 0 Å². The second-order valence-corrected chi connectivity index (χ2v) is 14.2. The molecule has 2 N–H and O–H groups in total. The largest absolute Gasteiger partial charge is 0.415 e. The van der Waals surface area contributed by atoms with E-state index in [4.69, 9.17) is 4.43 Å². The number of hydrogen-bond acceptors (Lipinski definition) is 4. The first-order valence-electron chi connectivity index (χ1n) is 10.3. The summed E-state index contributed by atoms with van der Waals surface area (Å²) in [4.78, 5) is 37.3. The molecule has 1 atom stereocenters. The van der Waals surface area contributed by atoms with Crippen molar-refractivity contribution in [3.05, 3.63) is 28.6 Å². The molecule has 8 heteroatoms. The first kappa shape index (κ1) is 24.2. The summed E-state index contributed by atoms with van der Waals surface area (Å²) in [5.41, 5.74) is 1.32. The fraction of sp³-hybridized carbons (Fsp3) is 0.591. The molecular formula is C22H33FN2O4Si. The lowest BCUT2D eigenvalue weighted by molar-refractivity contribution is -0.124. The molecule has 0 saturated heterocycles. The fourth-order valence-electron chi connectivity index (χ4n) is 3.35. The third kappa shape index (κ3) is 5.15. The Balaban J connectivity index is 2.10. The molecule has 2 rings (SSSR count). The minimum absolute atomic E-state index is 0.0767. The normalized spacial score (nSPS) is 16.8. The zero-order valence-corrected chi connectivity index (χ0v) is 20.0. The maximum absolute atomic E-state index is 14.2. The number of Topliss-reactive ketones (excluding diaryl/α,β-unsaturated/α-hetero) is 1. The zero-order chi connectivity index (χ0) is 22.9. The van der Waals surface area contributed by atoms with Crippen LogP contribution in [0, 0.1) is 18.7 Å². The van der Waals surface area contributed by atoms with E-state index in [2.05, 4.69) is 44.5 Å². The number of benzene rings is 1. The Morgan fingerprint density at radius 2 is 1.93 bits per heavy atom. The van der Waals surface area contributed by atoms with Crippen LogP contribution in [-0.2, 0) is 20.4 Å². The molecule has 0 spiro atoms. The highest BCUT2D eigenvalue weighted by molar-refractivity contribution is 6.74. The van der Waals surface area contributed by atoms with E-state index in [1.807, 2.05) is 0 Å². The summed E-state index contributed by atoms with van der Waals surface area (Å²) < 4.78 is 20.3. The number of ketones is 1. The van der Waals surface area contributed by atoms with Crippen LogP contribution in [0.1, 0.15) is 55.6 Å². The number of anilines is 1. The number of fused-ring (bicyclic) bond motifs is 1. The second kappa shape index (κ2) is 8.97. The second-order valence-electron chi connectivity index (χ2n) is 9.42. The van der Waals surface area contributed by atoms with Gasteiger partial charge in [0.2, 0.25) is 11.8 Å². The van der Waals surface area contributed by atoms with Crippen LogP contribution in [-0.4, -0.2) is 39.1 Å². The summed E-state index contributed by atoms with van der Waals surface area (Å²) >= 11 is 0. The van der Waals surface area contributed by atoms with E-state index in [1.165, 1.54) is 6.92 Å². The SMILES string of the molecule is CC(=O)Nc1cc(F)c(C)c2c1C(=O)C(C(=O)NCCO[Si](C)(C)C(C)(C)C)CC2. The Bertz CT molecular complexity index is 862. The molecule has 0 aromatic heterocycles. The number of rotatable bonds is 6. The molecule has 0 aliphatic heterocycles. The molecule has 30 heavy (non-hydrogen) atoms. The molecule has 1 aliphatic carbocycles. The average molecular weight is 437 g/mol. The smallest absolute Gasteiger partial charge is 0.231 e. The van der Waals surface area contributed by atoms with Gasteiger partial charge in [-0.05, 0) is 55.1 Å². The van der Waals surface area contributed by atoms with E-state index in [9.17, 15) is 18.8 Å². The molecule has 166 valence electrons. The molecule has 1 aliphatic rings. The van der Waals surface area contributed by atoms with Crippen molar-refractivity contribution in [1.29, 1.82) is 0 Å². The molecule has 1 unspecified atom stereocenters. The Morgan fingerprint density at radius 3 is 2.50 bits per heavy atom. The van der Waals surface area contributed by atoms with Gasteiger partial charge in [-0.3, -0.25) is 14.4 Å². The topological polar surface area (TPSA) is 84.5 Å². The summed E-state index contributed by atoms with van der Waals surface area (Å²) in [7, 11) is -1.91. The van der Waals surface area contributed by atoms with Crippen molar-refractivity contribution in [1.82, 2.24) is 5.32 Å². The van der Waals surface area contributed by atoms with Crippen LogP contribution < -0.4 is 10.6 Å². The maximum atomic E-state index is 14.2. The van der Waals surface area contributed by atoms with E-state index in [0.717, 1.165) is 6.07 Å². The van der Waals surface area contributed by atoms with Gasteiger partial charge >= 0.3 is 0 Å². The summed E-state index contributed by atoms with van der Waals surface area (Å²) in [6.07, 6.45) is 0.709. The number of nitrogens with one attached hydrogen (secondary N) is 2.